The van der Waals surface area contributed by atoms with E-state index in [9.17, 15) is 28.4 Å². The summed E-state index contributed by atoms with van der Waals surface area (Å²) >= 11 is 0. The van der Waals surface area contributed by atoms with Gasteiger partial charge >= 0.3 is 11.7 Å². The van der Waals surface area contributed by atoms with Gasteiger partial charge in [0.1, 0.15) is 6.33 Å². The predicted octanol–water partition coefficient (Wildman–Crippen LogP) is 3.26. The normalized spacial score (nSPS) is 14.5. The van der Waals surface area contributed by atoms with Gasteiger partial charge < -0.3 is 15.3 Å². The minimum Gasteiger partial charge on any atom is -0.481 e. The second-order valence-corrected chi connectivity index (χ2v) is 9.67. The molecule has 0 spiro atoms. The van der Waals surface area contributed by atoms with Gasteiger partial charge in [0, 0.05) is 18.8 Å². The summed E-state index contributed by atoms with van der Waals surface area (Å²) in [7, 11) is -3.69. The van der Waals surface area contributed by atoms with Gasteiger partial charge in [-0.3, -0.25) is 14.9 Å². The highest BCUT2D eigenvalue weighted by Gasteiger charge is 2.31. The molecule has 1 saturated heterocycles. The Labute approximate surface area is 195 Å². The number of hydrogen-bond donors (Lipinski definition) is 2. The van der Waals surface area contributed by atoms with Crippen molar-refractivity contribution < 1.29 is 23.2 Å². The first-order valence-corrected chi connectivity index (χ1v) is 11.9. The molecule has 4 rings (SSSR count). The summed E-state index contributed by atoms with van der Waals surface area (Å²) < 4.78 is 25.5. The van der Waals surface area contributed by atoms with E-state index in [4.69, 9.17) is 0 Å². The van der Waals surface area contributed by atoms with Crippen LogP contribution >= 0.6 is 0 Å². The zero-order chi connectivity index (χ0) is 24.3. The van der Waals surface area contributed by atoms with E-state index in [0.29, 0.717) is 31.6 Å². The number of anilines is 3. The van der Waals surface area contributed by atoms with Crippen LogP contribution in [-0.4, -0.2) is 47.5 Å². The SMILES string of the molecule is O=C(O)C1CCN(c2ncnc(Nc3ccc(S(=O)(=O)c4ccccc4)cc3)c2[N+](=O)[O-])CC1. The summed E-state index contributed by atoms with van der Waals surface area (Å²) in [6.07, 6.45) is 1.91. The fourth-order valence-electron chi connectivity index (χ4n) is 3.79. The number of rotatable bonds is 7. The molecule has 34 heavy (non-hydrogen) atoms. The van der Waals surface area contributed by atoms with Crippen molar-refractivity contribution in [2.45, 2.75) is 22.6 Å². The van der Waals surface area contributed by atoms with Crippen LogP contribution in [0.15, 0.2) is 70.7 Å². The Hall–Kier alpha value is -4.06. The Balaban J connectivity index is 1.58. The fraction of sp³-hybridized carbons (Fsp3) is 0.227. The number of aromatic nitrogens is 2. The number of carboxylic acid groups (broad SMARTS) is 1. The van der Waals surface area contributed by atoms with Crippen molar-refractivity contribution in [3.8, 4) is 0 Å². The third-order valence-electron chi connectivity index (χ3n) is 5.61. The molecule has 0 radical (unpaired) electrons. The lowest BCUT2D eigenvalue weighted by Crippen LogP contribution is -2.37. The average molecular weight is 484 g/mol. The number of nitrogens with zero attached hydrogens (tertiary/aromatic N) is 4. The van der Waals surface area contributed by atoms with Crippen molar-refractivity contribution in [1.82, 2.24) is 9.97 Å². The highest BCUT2D eigenvalue weighted by atomic mass is 32.2. The minimum atomic E-state index is -3.69. The van der Waals surface area contributed by atoms with Crippen LogP contribution in [0.2, 0.25) is 0 Å². The Kier molecular flexibility index (Phi) is 6.41. The molecule has 0 saturated carbocycles. The van der Waals surface area contributed by atoms with Gasteiger partial charge in [0.05, 0.1) is 20.6 Å². The highest BCUT2D eigenvalue weighted by molar-refractivity contribution is 7.91. The van der Waals surface area contributed by atoms with E-state index in [0.717, 1.165) is 0 Å². The van der Waals surface area contributed by atoms with E-state index in [1.807, 2.05) is 0 Å². The molecule has 2 aromatic carbocycles. The molecular formula is C22H21N5O6S. The lowest BCUT2D eigenvalue weighted by Gasteiger charge is -2.30. The molecule has 176 valence electrons. The maximum absolute atomic E-state index is 12.8. The van der Waals surface area contributed by atoms with Crippen molar-refractivity contribution in [3.63, 3.8) is 0 Å². The summed E-state index contributed by atoms with van der Waals surface area (Å²) in [6.45, 7) is 0.639. The van der Waals surface area contributed by atoms with Gasteiger partial charge in [0.15, 0.2) is 0 Å². The lowest BCUT2D eigenvalue weighted by atomic mass is 9.97. The van der Waals surface area contributed by atoms with Gasteiger partial charge in [-0.1, -0.05) is 18.2 Å². The van der Waals surface area contributed by atoms with E-state index in [1.54, 1.807) is 23.1 Å². The average Bonchev–Trinajstić information content (AvgIpc) is 2.84. The first-order chi connectivity index (χ1) is 16.3. The maximum Gasteiger partial charge on any atom is 0.353 e. The monoisotopic (exact) mass is 483 g/mol. The molecule has 11 nitrogen and oxygen atoms in total. The number of nitrogens with one attached hydrogen (secondary N) is 1. The molecule has 0 bridgehead atoms. The van der Waals surface area contributed by atoms with Crippen molar-refractivity contribution in [3.05, 3.63) is 71.0 Å². The standard InChI is InChI=1S/C22H21N5O6S/c28-22(29)15-10-12-26(13-11-15)21-19(27(30)31)20(23-14-24-21)25-16-6-8-18(9-7-16)34(32,33)17-4-2-1-3-5-17/h1-9,14-15H,10-13H2,(H,28,29)(H,23,24,25). The molecule has 1 aromatic heterocycles. The quantitative estimate of drug-likeness (QED) is 0.378. The number of aliphatic carboxylic acids is 1. The lowest BCUT2D eigenvalue weighted by molar-refractivity contribution is -0.383. The molecule has 1 aliphatic heterocycles. The molecule has 1 fully saturated rings. The van der Waals surface area contributed by atoms with Crippen LogP contribution in [-0.2, 0) is 14.6 Å². The number of piperidine rings is 1. The van der Waals surface area contributed by atoms with E-state index < -0.39 is 26.6 Å². The van der Waals surface area contributed by atoms with Gasteiger partial charge in [0.2, 0.25) is 21.5 Å². The molecule has 0 aliphatic carbocycles. The van der Waals surface area contributed by atoms with E-state index >= 15 is 0 Å². The van der Waals surface area contributed by atoms with E-state index in [2.05, 4.69) is 15.3 Å². The van der Waals surface area contributed by atoms with Crippen LogP contribution in [0.3, 0.4) is 0 Å². The number of hydrogen-bond acceptors (Lipinski definition) is 9. The van der Waals surface area contributed by atoms with Gasteiger partial charge in [0.25, 0.3) is 0 Å². The van der Waals surface area contributed by atoms with Crippen molar-refractivity contribution >= 4 is 38.8 Å². The number of carboxylic acids is 1. The Morgan fingerprint density at radius 2 is 1.65 bits per heavy atom. The summed E-state index contributed by atoms with van der Waals surface area (Å²) in [5.74, 6) is -1.30. The van der Waals surface area contributed by atoms with Gasteiger partial charge in [-0.05, 0) is 49.2 Å². The minimum absolute atomic E-state index is 0.0472. The predicted molar refractivity (Wildman–Crippen MR) is 123 cm³/mol. The van der Waals surface area contributed by atoms with Crippen LogP contribution in [0.5, 0.6) is 0 Å². The Morgan fingerprint density at radius 1 is 1.03 bits per heavy atom. The Bertz CT molecular complexity index is 1310. The number of benzene rings is 2. The largest absolute Gasteiger partial charge is 0.481 e. The number of nitro groups is 1. The Morgan fingerprint density at radius 3 is 2.24 bits per heavy atom. The molecular weight excluding hydrogens is 462 g/mol. The first kappa shape index (κ1) is 23.1. The fourth-order valence-corrected chi connectivity index (χ4v) is 5.07. The molecule has 0 atom stereocenters. The summed E-state index contributed by atoms with van der Waals surface area (Å²) in [6, 6.07) is 13.8. The maximum atomic E-state index is 12.8. The smallest absolute Gasteiger partial charge is 0.353 e. The van der Waals surface area contributed by atoms with Crippen LogP contribution in [0, 0.1) is 16.0 Å². The second kappa shape index (κ2) is 9.43. The van der Waals surface area contributed by atoms with Gasteiger partial charge in [-0.25, -0.2) is 18.4 Å². The summed E-state index contributed by atoms with van der Waals surface area (Å²) in [5, 5.41) is 23.9. The summed E-state index contributed by atoms with van der Waals surface area (Å²) in [5.41, 5.74) is 0.0709. The van der Waals surface area contributed by atoms with Crippen molar-refractivity contribution in [2.24, 2.45) is 5.92 Å². The molecule has 2 N–H and O–H groups in total. The summed E-state index contributed by atoms with van der Waals surface area (Å²) in [4.78, 5) is 32.5. The second-order valence-electron chi connectivity index (χ2n) is 7.72. The third kappa shape index (κ3) is 4.66. The zero-order valence-electron chi connectivity index (χ0n) is 17.9. The molecule has 3 aromatic rings. The van der Waals surface area contributed by atoms with Crippen LogP contribution in [0.4, 0.5) is 23.0 Å². The molecule has 2 heterocycles. The third-order valence-corrected chi connectivity index (χ3v) is 7.40. The topological polar surface area (TPSA) is 156 Å². The van der Waals surface area contributed by atoms with Crippen LogP contribution < -0.4 is 10.2 Å². The molecule has 0 amide bonds. The van der Waals surface area contributed by atoms with E-state index in [-0.39, 0.29) is 27.1 Å². The molecule has 0 unspecified atom stereocenters. The van der Waals surface area contributed by atoms with Gasteiger partial charge in [-0.15, -0.1) is 0 Å². The van der Waals surface area contributed by atoms with Crippen molar-refractivity contribution in [1.29, 1.82) is 0 Å². The van der Waals surface area contributed by atoms with Gasteiger partial charge in [-0.2, -0.15) is 0 Å². The van der Waals surface area contributed by atoms with Crippen molar-refractivity contribution in [2.75, 3.05) is 23.3 Å². The highest BCUT2D eigenvalue weighted by Crippen LogP contribution is 2.35. The van der Waals surface area contributed by atoms with Crippen LogP contribution in [0.25, 0.3) is 0 Å². The molecule has 12 heteroatoms. The number of sulfone groups is 1. The number of carbonyl (C=O) groups is 1. The van der Waals surface area contributed by atoms with Crippen LogP contribution in [0.1, 0.15) is 12.8 Å². The molecule has 1 aliphatic rings. The van der Waals surface area contributed by atoms with E-state index in [1.165, 1.54) is 42.7 Å². The zero-order valence-corrected chi connectivity index (χ0v) is 18.7. The first-order valence-electron chi connectivity index (χ1n) is 10.4.